The second kappa shape index (κ2) is 8.81. The van der Waals surface area contributed by atoms with Gasteiger partial charge in [-0.05, 0) is 30.6 Å². The summed E-state index contributed by atoms with van der Waals surface area (Å²) in [7, 11) is 0. The molecule has 1 N–H and O–H groups in total. The van der Waals surface area contributed by atoms with E-state index in [-0.39, 0.29) is 28.4 Å². The number of ether oxygens (including phenoxy) is 1. The Labute approximate surface area is 172 Å². The van der Waals surface area contributed by atoms with Gasteiger partial charge in [0.25, 0.3) is 0 Å². The average Bonchev–Trinajstić information content (AvgIpc) is 3.10. The standard InChI is InChI=1S/C21H14F5NO2S/c1-12-4-6-14(7-5-12)18-15(20(30-27-18)21(24,25)26)11-29-19-16(22)9-13(3-2-8-28)10-17(19)23/h4-7,9-10,28H,8,11H2,1H3. The molecule has 0 amide bonds. The van der Waals surface area contributed by atoms with Crippen LogP contribution in [0.4, 0.5) is 22.0 Å². The Bertz CT molecular complexity index is 1090. The number of nitrogens with zero attached hydrogens (tertiary/aromatic N) is 1. The van der Waals surface area contributed by atoms with Gasteiger partial charge in [-0.3, -0.25) is 0 Å². The van der Waals surface area contributed by atoms with Gasteiger partial charge in [0.15, 0.2) is 17.4 Å². The first-order valence-electron chi connectivity index (χ1n) is 8.55. The first kappa shape index (κ1) is 21.7. The lowest BCUT2D eigenvalue weighted by Gasteiger charge is -2.12. The highest BCUT2D eigenvalue weighted by Crippen LogP contribution is 2.40. The van der Waals surface area contributed by atoms with Gasteiger partial charge in [-0.15, -0.1) is 0 Å². The van der Waals surface area contributed by atoms with Crippen LogP contribution in [-0.4, -0.2) is 16.1 Å². The van der Waals surface area contributed by atoms with Crippen LogP contribution in [0.25, 0.3) is 11.3 Å². The Balaban J connectivity index is 1.96. The van der Waals surface area contributed by atoms with Crippen LogP contribution in [0.2, 0.25) is 0 Å². The third kappa shape index (κ3) is 4.78. The van der Waals surface area contributed by atoms with Crippen molar-refractivity contribution in [2.45, 2.75) is 19.7 Å². The van der Waals surface area contributed by atoms with E-state index in [1.165, 1.54) is 0 Å². The molecule has 0 unspecified atom stereocenters. The number of benzene rings is 2. The zero-order valence-corrected chi connectivity index (χ0v) is 16.3. The number of aryl methyl sites for hydroxylation is 1. The minimum atomic E-state index is -4.69. The minimum absolute atomic E-state index is 0.0403. The molecule has 1 heterocycles. The maximum Gasteiger partial charge on any atom is 0.427 e. The topological polar surface area (TPSA) is 42.4 Å². The molecule has 0 aliphatic rings. The first-order chi connectivity index (χ1) is 14.2. The quantitative estimate of drug-likeness (QED) is 0.441. The van der Waals surface area contributed by atoms with Crippen LogP contribution >= 0.6 is 11.5 Å². The number of hydrogen-bond donors (Lipinski definition) is 1. The van der Waals surface area contributed by atoms with E-state index in [1.807, 2.05) is 6.92 Å². The number of alkyl halides is 3. The molecule has 1 aromatic heterocycles. The SMILES string of the molecule is Cc1ccc(-c2nsc(C(F)(F)F)c2COc2c(F)cc(C#CCO)cc2F)cc1. The third-order valence-corrected chi connectivity index (χ3v) is 4.98. The molecular formula is C21H14F5NO2S. The molecule has 0 saturated heterocycles. The average molecular weight is 439 g/mol. The molecule has 9 heteroatoms. The Kier molecular flexibility index (Phi) is 6.39. The van der Waals surface area contributed by atoms with Crippen molar-refractivity contribution in [1.82, 2.24) is 4.37 Å². The summed E-state index contributed by atoms with van der Waals surface area (Å²) in [4.78, 5) is -0.996. The van der Waals surface area contributed by atoms with Crippen molar-refractivity contribution in [3.05, 3.63) is 69.6 Å². The van der Waals surface area contributed by atoms with Gasteiger partial charge in [-0.1, -0.05) is 41.7 Å². The molecule has 0 aliphatic carbocycles. The predicted octanol–water partition coefficient (Wildman–Crippen LogP) is 5.34. The normalized spacial score (nSPS) is 11.2. The lowest BCUT2D eigenvalue weighted by Crippen LogP contribution is -2.09. The van der Waals surface area contributed by atoms with Gasteiger partial charge in [0.05, 0.1) is 5.69 Å². The van der Waals surface area contributed by atoms with Gasteiger partial charge in [-0.25, -0.2) is 8.78 Å². The van der Waals surface area contributed by atoms with Crippen molar-refractivity contribution in [3.8, 4) is 28.8 Å². The molecule has 156 valence electrons. The molecule has 3 rings (SSSR count). The first-order valence-corrected chi connectivity index (χ1v) is 9.32. The number of aromatic nitrogens is 1. The summed E-state index contributed by atoms with van der Waals surface area (Å²) in [6, 6.07) is 8.42. The van der Waals surface area contributed by atoms with E-state index >= 15 is 0 Å². The fraction of sp³-hybridized carbons (Fsp3) is 0.190. The molecule has 0 fully saturated rings. The van der Waals surface area contributed by atoms with Gasteiger partial charge in [0, 0.05) is 16.7 Å². The number of aliphatic hydroxyl groups is 1. The van der Waals surface area contributed by atoms with Crippen LogP contribution in [0.5, 0.6) is 5.75 Å². The number of halogens is 5. The summed E-state index contributed by atoms with van der Waals surface area (Å²) in [5.41, 5.74) is 1.04. The van der Waals surface area contributed by atoms with E-state index in [0.29, 0.717) is 5.56 Å². The molecule has 0 atom stereocenters. The number of aliphatic hydroxyl groups excluding tert-OH is 1. The molecular weight excluding hydrogens is 425 g/mol. The molecule has 3 nitrogen and oxygen atoms in total. The molecule has 0 aliphatic heterocycles. The molecule has 30 heavy (non-hydrogen) atoms. The fourth-order valence-electron chi connectivity index (χ4n) is 2.66. The summed E-state index contributed by atoms with van der Waals surface area (Å²) < 4.78 is 77.8. The van der Waals surface area contributed by atoms with Gasteiger partial charge in [-0.2, -0.15) is 17.5 Å². The second-order valence-corrected chi connectivity index (χ2v) is 6.99. The van der Waals surface area contributed by atoms with Crippen LogP contribution in [-0.2, 0) is 12.8 Å². The van der Waals surface area contributed by atoms with Crippen LogP contribution in [0.1, 0.15) is 21.6 Å². The molecule has 0 radical (unpaired) electrons. The smallest absolute Gasteiger partial charge is 0.427 e. The molecule has 0 saturated carbocycles. The highest BCUT2D eigenvalue weighted by Gasteiger charge is 2.38. The van der Waals surface area contributed by atoms with Gasteiger partial charge < -0.3 is 9.84 Å². The predicted molar refractivity (Wildman–Crippen MR) is 102 cm³/mol. The maximum absolute atomic E-state index is 14.2. The maximum atomic E-state index is 14.2. The van der Waals surface area contributed by atoms with Gasteiger partial charge in [0.1, 0.15) is 18.1 Å². The molecule has 0 bridgehead atoms. The van der Waals surface area contributed by atoms with E-state index in [4.69, 9.17) is 9.84 Å². The summed E-state index contributed by atoms with van der Waals surface area (Å²) in [5.74, 6) is 1.53. The van der Waals surface area contributed by atoms with E-state index in [9.17, 15) is 22.0 Å². The lowest BCUT2D eigenvalue weighted by atomic mass is 10.0. The van der Waals surface area contributed by atoms with E-state index in [2.05, 4.69) is 16.2 Å². The number of rotatable bonds is 4. The van der Waals surface area contributed by atoms with Crippen molar-refractivity contribution >= 4 is 11.5 Å². The highest BCUT2D eigenvalue weighted by molar-refractivity contribution is 7.06. The summed E-state index contributed by atoms with van der Waals surface area (Å²) in [6.45, 7) is 0.606. The molecule has 2 aromatic carbocycles. The largest absolute Gasteiger partial charge is 0.483 e. The van der Waals surface area contributed by atoms with Crippen molar-refractivity contribution in [2.24, 2.45) is 0 Å². The van der Waals surface area contributed by atoms with Gasteiger partial charge >= 0.3 is 6.18 Å². The van der Waals surface area contributed by atoms with Crippen LogP contribution in [0, 0.1) is 30.4 Å². The Morgan fingerprint density at radius 2 is 1.73 bits per heavy atom. The van der Waals surface area contributed by atoms with Crippen molar-refractivity contribution in [3.63, 3.8) is 0 Å². The molecule has 3 aromatic rings. The van der Waals surface area contributed by atoms with Crippen molar-refractivity contribution in [2.75, 3.05) is 6.61 Å². The lowest BCUT2D eigenvalue weighted by molar-refractivity contribution is -0.135. The Morgan fingerprint density at radius 3 is 2.30 bits per heavy atom. The van der Waals surface area contributed by atoms with Crippen molar-refractivity contribution < 1.29 is 31.8 Å². The van der Waals surface area contributed by atoms with E-state index in [0.717, 1.165) is 17.7 Å². The van der Waals surface area contributed by atoms with E-state index < -0.39 is 41.7 Å². The van der Waals surface area contributed by atoms with Crippen LogP contribution in [0.3, 0.4) is 0 Å². The summed E-state index contributed by atoms with van der Waals surface area (Å²) >= 11 is 0.253. The monoisotopic (exact) mass is 439 g/mol. The number of hydrogen-bond acceptors (Lipinski definition) is 4. The van der Waals surface area contributed by atoms with Gasteiger partial charge in [0.2, 0.25) is 0 Å². The van der Waals surface area contributed by atoms with E-state index in [1.54, 1.807) is 24.3 Å². The minimum Gasteiger partial charge on any atom is -0.483 e. The Morgan fingerprint density at radius 1 is 1.10 bits per heavy atom. The highest BCUT2D eigenvalue weighted by atomic mass is 32.1. The second-order valence-electron chi connectivity index (χ2n) is 6.22. The van der Waals surface area contributed by atoms with Crippen molar-refractivity contribution in [1.29, 1.82) is 0 Å². The summed E-state index contributed by atoms with van der Waals surface area (Å²) in [5, 5.41) is 8.65. The Hall–Kier alpha value is -2.96. The molecule has 0 spiro atoms. The van der Waals surface area contributed by atoms with Crippen LogP contribution in [0.15, 0.2) is 36.4 Å². The fourth-order valence-corrected chi connectivity index (χ4v) is 3.43. The zero-order valence-electron chi connectivity index (χ0n) is 15.5. The van der Waals surface area contributed by atoms with Crippen LogP contribution < -0.4 is 4.74 Å². The zero-order chi connectivity index (χ0) is 21.9. The summed E-state index contributed by atoms with van der Waals surface area (Å²) in [6.07, 6.45) is -4.69. The third-order valence-electron chi connectivity index (χ3n) is 4.04.